The average Bonchev–Trinajstić information content (AvgIpc) is 2.90. The number of carboxylic acids is 1. The summed E-state index contributed by atoms with van der Waals surface area (Å²) in [5.74, 6) is -1.08. The molecule has 0 fully saturated rings. The highest BCUT2D eigenvalue weighted by Crippen LogP contribution is 2.16. The van der Waals surface area contributed by atoms with Crippen LogP contribution in [0.1, 0.15) is 55.2 Å². The number of carbonyl (C=O) groups is 2. The van der Waals surface area contributed by atoms with Crippen LogP contribution in [-0.2, 0) is 17.8 Å². The van der Waals surface area contributed by atoms with Gasteiger partial charge in [0.05, 0.1) is 16.8 Å². The molecule has 1 aliphatic rings. The Labute approximate surface area is 157 Å². The van der Waals surface area contributed by atoms with Gasteiger partial charge in [0.15, 0.2) is 0 Å². The van der Waals surface area contributed by atoms with E-state index in [9.17, 15) is 19.5 Å². The number of aromatic nitrogens is 2. The summed E-state index contributed by atoms with van der Waals surface area (Å²) < 4.78 is 1.75. The fourth-order valence-electron chi connectivity index (χ4n) is 3.54. The molecule has 0 aliphatic carbocycles. The van der Waals surface area contributed by atoms with Crippen molar-refractivity contribution in [2.45, 2.75) is 52.0 Å². The van der Waals surface area contributed by atoms with Gasteiger partial charge in [-0.1, -0.05) is 19.8 Å². The maximum atomic E-state index is 12.7. The molecule has 27 heavy (non-hydrogen) atoms. The minimum atomic E-state index is -0.909. The number of hydrogen-bond donors (Lipinski definition) is 2. The molecule has 1 amide bonds. The lowest BCUT2D eigenvalue weighted by atomic mass is 10.0. The van der Waals surface area contributed by atoms with Crippen LogP contribution in [0.5, 0.6) is 0 Å². The van der Waals surface area contributed by atoms with Crippen LogP contribution in [0.2, 0.25) is 0 Å². The second-order valence-corrected chi connectivity index (χ2v) is 7.06. The molecule has 144 valence electrons. The number of aliphatic carboxylic acids is 1. The Kier molecular flexibility index (Phi) is 5.88. The van der Waals surface area contributed by atoms with Gasteiger partial charge in [-0.25, -0.2) is 4.98 Å². The van der Waals surface area contributed by atoms with Gasteiger partial charge in [-0.2, -0.15) is 0 Å². The van der Waals surface area contributed by atoms with Gasteiger partial charge in [0.25, 0.3) is 11.5 Å². The first-order chi connectivity index (χ1) is 13.0. The summed E-state index contributed by atoms with van der Waals surface area (Å²) in [7, 11) is 0. The summed E-state index contributed by atoms with van der Waals surface area (Å²) in [4.78, 5) is 41.0. The Hall–Kier alpha value is -2.70. The molecule has 7 heteroatoms. The Bertz CT molecular complexity index is 919. The van der Waals surface area contributed by atoms with E-state index in [2.05, 4.69) is 10.3 Å². The molecule has 0 radical (unpaired) electrons. The summed E-state index contributed by atoms with van der Waals surface area (Å²) in [6.07, 6.45) is 5.07. The van der Waals surface area contributed by atoms with Crippen molar-refractivity contribution in [3.8, 4) is 0 Å². The van der Waals surface area contributed by atoms with Crippen LogP contribution in [0.25, 0.3) is 10.9 Å². The summed E-state index contributed by atoms with van der Waals surface area (Å²) in [5.41, 5.74) is 0.843. The number of carbonyl (C=O) groups excluding carboxylic acids is 1. The second-order valence-electron chi connectivity index (χ2n) is 7.06. The van der Waals surface area contributed by atoms with Crippen molar-refractivity contribution in [2.75, 3.05) is 6.54 Å². The Morgan fingerprint density at radius 3 is 2.85 bits per heavy atom. The number of amides is 1. The Balaban J connectivity index is 1.84. The monoisotopic (exact) mass is 371 g/mol. The van der Waals surface area contributed by atoms with Crippen molar-refractivity contribution >= 4 is 22.8 Å². The molecule has 2 aromatic rings. The lowest BCUT2D eigenvalue weighted by Gasteiger charge is -2.13. The molecule has 0 bridgehead atoms. The number of nitrogens with zero attached hydrogens (tertiary/aromatic N) is 2. The lowest BCUT2D eigenvalue weighted by molar-refractivity contribution is -0.141. The minimum absolute atomic E-state index is 0.0576. The number of benzene rings is 1. The Morgan fingerprint density at radius 1 is 1.30 bits per heavy atom. The molecular formula is C20H25N3O4. The summed E-state index contributed by atoms with van der Waals surface area (Å²) >= 11 is 0. The predicted molar refractivity (Wildman–Crippen MR) is 102 cm³/mol. The van der Waals surface area contributed by atoms with E-state index in [1.807, 2.05) is 6.92 Å². The normalized spacial score (nSPS) is 15.0. The van der Waals surface area contributed by atoms with E-state index in [1.165, 1.54) is 0 Å². The Morgan fingerprint density at radius 2 is 2.11 bits per heavy atom. The topological polar surface area (TPSA) is 101 Å². The van der Waals surface area contributed by atoms with Crippen LogP contribution in [0.3, 0.4) is 0 Å². The number of hydrogen-bond acceptors (Lipinski definition) is 4. The van der Waals surface area contributed by atoms with E-state index < -0.39 is 11.9 Å². The van der Waals surface area contributed by atoms with E-state index in [0.29, 0.717) is 29.4 Å². The average molecular weight is 371 g/mol. The molecular weight excluding hydrogens is 346 g/mol. The molecule has 1 aliphatic heterocycles. The first-order valence-corrected chi connectivity index (χ1v) is 9.55. The lowest BCUT2D eigenvalue weighted by Crippen LogP contribution is -2.33. The second kappa shape index (κ2) is 8.33. The number of nitrogens with one attached hydrogen (secondary N) is 1. The van der Waals surface area contributed by atoms with Gasteiger partial charge >= 0.3 is 5.97 Å². The molecule has 1 aromatic heterocycles. The van der Waals surface area contributed by atoms with E-state index in [4.69, 9.17) is 0 Å². The number of rotatable bonds is 6. The third-order valence-corrected chi connectivity index (χ3v) is 5.07. The van der Waals surface area contributed by atoms with Crippen LogP contribution >= 0.6 is 0 Å². The van der Waals surface area contributed by atoms with Crippen LogP contribution in [0.15, 0.2) is 23.0 Å². The minimum Gasteiger partial charge on any atom is -0.481 e. The van der Waals surface area contributed by atoms with Gasteiger partial charge in [-0.3, -0.25) is 19.0 Å². The fourth-order valence-corrected chi connectivity index (χ4v) is 3.54. The van der Waals surface area contributed by atoms with Crippen molar-refractivity contribution in [3.05, 3.63) is 39.9 Å². The van der Waals surface area contributed by atoms with E-state index in [0.717, 1.165) is 37.9 Å². The standard InChI is InChI=1S/C20H25N3O4/c1-2-6-14(20(26)27)12-21-18(24)13-8-9-15-16(11-13)22-17-7-4-3-5-10-23(17)19(15)25/h8-9,11,14H,2-7,10,12H2,1H3,(H,21,24)(H,26,27). The van der Waals surface area contributed by atoms with Crippen molar-refractivity contribution in [2.24, 2.45) is 5.92 Å². The highest BCUT2D eigenvalue weighted by atomic mass is 16.4. The molecule has 7 nitrogen and oxygen atoms in total. The molecule has 1 aromatic carbocycles. The summed E-state index contributed by atoms with van der Waals surface area (Å²) in [6.45, 7) is 2.68. The molecule has 2 N–H and O–H groups in total. The van der Waals surface area contributed by atoms with Crippen LogP contribution < -0.4 is 10.9 Å². The van der Waals surface area contributed by atoms with E-state index in [-0.39, 0.29) is 18.0 Å². The quantitative estimate of drug-likeness (QED) is 0.812. The smallest absolute Gasteiger partial charge is 0.308 e. The molecule has 3 rings (SSSR count). The zero-order valence-corrected chi connectivity index (χ0v) is 15.5. The van der Waals surface area contributed by atoms with Gasteiger partial charge < -0.3 is 10.4 Å². The number of fused-ring (bicyclic) bond motifs is 2. The number of aryl methyl sites for hydroxylation is 1. The van der Waals surface area contributed by atoms with Gasteiger partial charge in [-0.15, -0.1) is 0 Å². The molecule has 2 heterocycles. The van der Waals surface area contributed by atoms with Crippen molar-refractivity contribution in [1.29, 1.82) is 0 Å². The maximum absolute atomic E-state index is 12.7. The van der Waals surface area contributed by atoms with E-state index in [1.54, 1.807) is 22.8 Å². The summed E-state index contributed by atoms with van der Waals surface area (Å²) in [5, 5.41) is 12.4. The predicted octanol–water partition coefficient (Wildman–Crippen LogP) is 2.35. The van der Waals surface area contributed by atoms with Gasteiger partial charge in [0, 0.05) is 25.1 Å². The van der Waals surface area contributed by atoms with Crippen molar-refractivity contribution in [3.63, 3.8) is 0 Å². The van der Waals surface area contributed by atoms with Crippen LogP contribution in [-0.4, -0.2) is 33.1 Å². The molecule has 0 saturated carbocycles. The van der Waals surface area contributed by atoms with Crippen molar-refractivity contribution < 1.29 is 14.7 Å². The highest BCUT2D eigenvalue weighted by molar-refractivity contribution is 5.97. The summed E-state index contributed by atoms with van der Waals surface area (Å²) in [6, 6.07) is 4.85. The van der Waals surface area contributed by atoms with Gasteiger partial charge in [0.1, 0.15) is 5.82 Å². The van der Waals surface area contributed by atoms with Crippen molar-refractivity contribution in [1.82, 2.24) is 14.9 Å². The van der Waals surface area contributed by atoms with Crippen LogP contribution in [0, 0.1) is 5.92 Å². The first kappa shape index (κ1) is 19.1. The molecule has 1 atom stereocenters. The maximum Gasteiger partial charge on any atom is 0.308 e. The zero-order valence-electron chi connectivity index (χ0n) is 15.5. The van der Waals surface area contributed by atoms with Gasteiger partial charge in [0.2, 0.25) is 0 Å². The SMILES string of the molecule is CCCC(CNC(=O)c1ccc2c(=O)n3c(nc2c1)CCCCC3)C(=O)O. The zero-order chi connectivity index (χ0) is 19.4. The fraction of sp³-hybridized carbons (Fsp3) is 0.500. The third kappa shape index (κ3) is 4.18. The molecule has 0 spiro atoms. The largest absolute Gasteiger partial charge is 0.481 e. The van der Waals surface area contributed by atoms with E-state index >= 15 is 0 Å². The molecule has 0 saturated heterocycles. The third-order valence-electron chi connectivity index (χ3n) is 5.07. The molecule has 1 unspecified atom stereocenters. The highest BCUT2D eigenvalue weighted by Gasteiger charge is 2.19. The number of carboxylic acid groups (broad SMARTS) is 1. The van der Waals surface area contributed by atoms with Gasteiger partial charge in [-0.05, 0) is 37.5 Å². The van der Waals surface area contributed by atoms with Crippen LogP contribution in [0.4, 0.5) is 0 Å². The first-order valence-electron chi connectivity index (χ1n) is 9.55.